The Bertz CT molecular complexity index is 1800. The van der Waals surface area contributed by atoms with Crippen LogP contribution in [0.25, 0.3) is 0 Å². The van der Waals surface area contributed by atoms with Crippen LogP contribution in [0.2, 0.25) is 0 Å². The lowest BCUT2D eigenvalue weighted by Gasteiger charge is -2.28. The van der Waals surface area contributed by atoms with E-state index in [2.05, 4.69) is 154 Å². The number of hydrogen-bond acceptors (Lipinski definition) is 8. The maximum Gasteiger partial charge on any atom is 0.309 e. The number of phosphoric ester groups is 1. The maximum atomic E-state index is 12.8. The van der Waals surface area contributed by atoms with Crippen LogP contribution < -0.4 is 4.89 Å². The number of carbonyl (C=O) groups excluding carboxylic acids is 2. The summed E-state index contributed by atoms with van der Waals surface area (Å²) in [5, 5.41) is 0. The number of allylic oxidation sites excluding steroid dienone is 25. The summed E-state index contributed by atoms with van der Waals surface area (Å²) < 4.78 is 33.9. The van der Waals surface area contributed by atoms with Gasteiger partial charge in [0, 0.05) is 6.42 Å². The van der Waals surface area contributed by atoms with Crippen molar-refractivity contribution in [2.75, 3.05) is 47.5 Å². The Kier molecular flexibility index (Phi) is 50.3. The van der Waals surface area contributed by atoms with Gasteiger partial charge in [0.1, 0.15) is 19.8 Å². The van der Waals surface area contributed by atoms with Crippen LogP contribution in [-0.4, -0.2) is 70.0 Å². The van der Waals surface area contributed by atoms with Crippen molar-refractivity contribution < 1.29 is 42.1 Å². The van der Waals surface area contributed by atoms with Crippen LogP contribution in [0.3, 0.4) is 0 Å². The van der Waals surface area contributed by atoms with Gasteiger partial charge in [0.2, 0.25) is 0 Å². The van der Waals surface area contributed by atoms with E-state index in [9.17, 15) is 19.0 Å². The first kappa shape index (κ1) is 69.6. The van der Waals surface area contributed by atoms with Gasteiger partial charge in [-0.25, -0.2) is 0 Å². The molecule has 0 aromatic rings. The molecule has 0 aliphatic carbocycles. The zero-order valence-corrected chi connectivity index (χ0v) is 47.9. The molecule has 0 N–H and O–H groups in total. The number of esters is 2. The predicted molar refractivity (Wildman–Crippen MR) is 313 cm³/mol. The highest BCUT2D eigenvalue weighted by Crippen LogP contribution is 2.38. The van der Waals surface area contributed by atoms with Gasteiger partial charge in [-0.3, -0.25) is 14.2 Å². The minimum atomic E-state index is -4.67. The Morgan fingerprint density at radius 3 is 1.15 bits per heavy atom. The molecule has 0 aromatic carbocycles. The lowest BCUT2D eigenvalue weighted by molar-refractivity contribution is -0.870. The predicted octanol–water partition coefficient (Wildman–Crippen LogP) is 17.1. The lowest BCUT2D eigenvalue weighted by atomic mass is 10.0. The van der Waals surface area contributed by atoms with Crippen molar-refractivity contribution in [1.82, 2.24) is 0 Å². The van der Waals surface area contributed by atoms with E-state index in [1.54, 1.807) is 6.08 Å². The Balaban J connectivity index is 4.22. The van der Waals surface area contributed by atoms with E-state index in [1.165, 1.54) is 38.5 Å². The number of phosphoric acid groups is 1. The van der Waals surface area contributed by atoms with Crippen molar-refractivity contribution >= 4 is 19.8 Å². The van der Waals surface area contributed by atoms with Crippen LogP contribution in [0.1, 0.15) is 181 Å². The summed E-state index contributed by atoms with van der Waals surface area (Å²) >= 11 is 0. The second kappa shape index (κ2) is 53.5. The molecule has 0 aromatic heterocycles. The highest BCUT2D eigenvalue weighted by atomic mass is 31.2. The highest BCUT2D eigenvalue weighted by molar-refractivity contribution is 7.45. The van der Waals surface area contributed by atoms with Crippen LogP contribution in [-0.2, 0) is 32.7 Å². The van der Waals surface area contributed by atoms with Gasteiger partial charge >= 0.3 is 11.9 Å². The number of nitrogens with zero attached hydrogens (tertiary/aromatic N) is 1. The third-order valence-corrected chi connectivity index (χ3v) is 12.0. The number of ether oxygens (including phenoxy) is 2. The molecule has 74 heavy (non-hydrogen) atoms. The second-order valence-corrected chi connectivity index (χ2v) is 20.6. The van der Waals surface area contributed by atoms with Crippen molar-refractivity contribution in [3.05, 3.63) is 158 Å². The minimum Gasteiger partial charge on any atom is -0.756 e. The third-order valence-electron chi connectivity index (χ3n) is 11.1. The summed E-state index contributed by atoms with van der Waals surface area (Å²) in [6.07, 6.45) is 80.4. The number of rotatable bonds is 49. The van der Waals surface area contributed by atoms with Crippen LogP contribution in [0.4, 0.5) is 0 Å². The van der Waals surface area contributed by atoms with Crippen LogP contribution in [0.15, 0.2) is 158 Å². The molecule has 2 atom stereocenters. The van der Waals surface area contributed by atoms with Crippen LogP contribution in [0.5, 0.6) is 0 Å². The van der Waals surface area contributed by atoms with Gasteiger partial charge in [-0.05, 0) is 103 Å². The van der Waals surface area contributed by atoms with Gasteiger partial charge in [-0.15, -0.1) is 0 Å². The van der Waals surface area contributed by atoms with Gasteiger partial charge in [-0.2, -0.15) is 0 Å². The van der Waals surface area contributed by atoms with E-state index >= 15 is 0 Å². The van der Waals surface area contributed by atoms with E-state index in [0.29, 0.717) is 23.9 Å². The van der Waals surface area contributed by atoms with E-state index in [1.807, 2.05) is 33.3 Å². The first-order valence-corrected chi connectivity index (χ1v) is 29.7. The first-order chi connectivity index (χ1) is 36.0. The van der Waals surface area contributed by atoms with E-state index in [0.717, 1.165) is 103 Å². The molecule has 0 aliphatic heterocycles. The zero-order chi connectivity index (χ0) is 54.2. The van der Waals surface area contributed by atoms with Crippen molar-refractivity contribution in [2.24, 2.45) is 0 Å². The Morgan fingerprint density at radius 1 is 0.432 bits per heavy atom. The minimum absolute atomic E-state index is 0.0349. The molecule has 0 spiro atoms. The molecule has 0 fully saturated rings. The van der Waals surface area contributed by atoms with Crippen LogP contribution >= 0.6 is 7.82 Å². The van der Waals surface area contributed by atoms with Gasteiger partial charge in [0.05, 0.1) is 34.2 Å². The summed E-state index contributed by atoms with van der Waals surface area (Å²) in [7, 11) is 1.09. The van der Waals surface area contributed by atoms with E-state index < -0.39 is 32.5 Å². The number of hydrogen-bond donors (Lipinski definition) is 0. The SMILES string of the molecule is CC/C=C\C/C=C\C/C=C\C/C=C\C/C=C\C/C=C\C/C=C\C/C=C\CCCCCCCCCCCCC(=O)OC(COC(=O)C/C=C\C/C=C\C/C=C\C/C=C\C/C=C\CC)COP(=O)([O-])OCC[N+](C)(C)C. The van der Waals surface area contributed by atoms with E-state index in [-0.39, 0.29) is 26.1 Å². The number of quaternary nitrogens is 1. The maximum absolute atomic E-state index is 12.8. The Hall–Kier alpha value is -4.37. The summed E-state index contributed by atoms with van der Waals surface area (Å²) in [5.74, 6) is -1.00. The fraction of sp³-hybridized carbons (Fsp3) is 0.562. The lowest BCUT2D eigenvalue weighted by Crippen LogP contribution is -2.37. The van der Waals surface area contributed by atoms with Gasteiger partial charge < -0.3 is 27.9 Å². The smallest absolute Gasteiger partial charge is 0.309 e. The molecule has 0 aliphatic rings. The fourth-order valence-corrected chi connectivity index (χ4v) is 7.53. The zero-order valence-electron chi connectivity index (χ0n) is 47.0. The standard InChI is InChI=1S/C64H102NO8P/c1-6-8-10-12-14-16-18-20-22-23-24-25-26-27-28-29-30-31-32-33-34-35-36-37-38-39-40-41-43-45-47-49-51-53-55-57-64(67)73-62(61-72-74(68,69)71-59-58-65(3,4)5)60-70-63(66)56-54-52-50-48-46-44-42-21-19-17-15-13-11-9-7-2/h8-11,14-17,20-22,24-25,27-28,30-31,33-34,36-37,42,46,48,52,54,62H,6-7,12-13,18-19,23,26,29,32,35,38-41,43-45,47,49-51,53,55-61H2,1-5H3/b10-8-,11-9-,16-14-,17-15-,22-20-,25-24-,28-27-,31-30-,34-33-,37-36-,42-21-,48-46-,54-52-. The molecule has 9 nitrogen and oxygen atoms in total. The molecule has 0 heterocycles. The molecule has 0 radical (unpaired) electrons. The van der Waals surface area contributed by atoms with Crippen molar-refractivity contribution in [3.63, 3.8) is 0 Å². The fourth-order valence-electron chi connectivity index (χ4n) is 6.80. The largest absolute Gasteiger partial charge is 0.756 e. The van der Waals surface area contributed by atoms with Gasteiger partial charge in [-0.1, -0.05) is 223 Å². The summed E-state index contributed by atoms with van der Waals surface area (Å²) in [6, 6.07) is 0. The highest BCUT2D eigenvalue weighted by Gasteiger charge is 2.21. The molecule has 0 saturated carbocycles. The quantitative estimate of drug-likeness (QED) is 0.0195. The molecular weight excluding hydrogens is 942 g/mol. The molecule has 0 rings (SSSR count). The molecule has 0 bridgehead atoms. The second-order valence-electron chi connectivity index (χ2n) is 19.2. The van der Waals surface area contributed by atoms with Gasteiger partial charge in [0.25, 0.3) is 7.82 Å². The number of carbonyl (C=O) groups is 2. The summed E-state index contributed by atoms with van der Waals surface area (Å²) in [4.78, 5) is 37.7. The molecule has 2 unspecified atom stereocenters. The topological polar surface area (TPSA) is 111 Å². The molecule has 416 valence electrons. The Morgan fingerprint density at radius 2 is 0.770 bits per heavy atom. The molecule has 0 amide bonds. The average Bonchev–Trinajstić information content (AvgIpc) is 3.36. The Labute approximate surface area is 452 Å². The molecular formula is C64H102NO8P. The van der Waals surface area contributed by atoms with Crippen molar-refractivity contribution in [1.29, 1.82) is 0 Å². The summed E-state index contributed by atoms with van der Waals surface area (Å²) in [6.45, 7) is 3.85. The van der Waals surface area contributed by atoms with E-state index in [4.69, 9.17) is 18.5 Å². The molecule has 10 heteroatoms. The monoisotopic (exact) mass is 1040 g/mol. The molecule has 0 saturated heterocycles. The normalized spacial score (nSPS) is 14.5. The van der Waals surface area contributed by atoms with Crippen molar-refractivity contribution in [2.45, 2.75) is 187 Å². The van der Waals surface area contributed by atoms with Crippen molar-refractivity contribution in [3.8, 4) is 0 Å². The number of unbranched alkanes of at least 4 members (excludes halogenated alkanes) is 10. The third kappa shape index (κ3) is 56.9. The summed E-state index contributed by atoms with van der Waals surface area (Å²) in [5.41, 5.74) is 0. The average molecular weight is 1040 g/mol. The number of likely N-dealkylation sites (N-methyl/N-ethyl adjacent to an activating group) is 1. The van der Waals surface area contributed by atoms with Crippen LogP contribution in [0, 0.1) is 0 Å². The van der Waals surface area contributed by atoms with Gasteiger partial charge in [0.15, 0.2) is 6.10 Å². The first-order valence-electron chi connectivity index (χ1n) is 28.2.